The Balaban J connectivity index is 1.57. The van der Waals surface area contributed by atoms with Gasteiger partial charge in [-0.2, -0.15) is 13.2 Å². The predicted octanol–water partition coefficient (Wildman–Crippen LogP) is 3.34. The molecule has 0 saturated carbocycles. The first-order valence-corrected chi connectivity index (χ1v) is 8.19. The fourth-order valence-corrected chi connectivity index (χ4v) is 2.83. The van der Waals surface area contributed by atoms with Gasteiger partial charge >= 0.3 is 6.18 Å². The largest absolute Gasteiger partial charge is 0.433 e. The number of halogens is 4. The van der Waals surface area contributed by atoms with Gasteiger partial charge in [-0.3, -0.25) is 9.88 Å². The van der Waals surface area contributed by atoms with Gasteiger partial charge in [-0.25, -0.2) is 9.97 Å². The van der Waals surface area contributed by atoms with Crippen molar-refractivity contribution >= 4 is 21.9 Å². The maximum atomic E-state index is 12.7. The number of alkyl halides is 3. The second-order valence-electron chi connectivity index (χ2n) is 5.60. The van der Waals surface area contributed by atoms with E-state index in [4.69, 9.17) is 0 Å². The Morgan fingerprint density at radius 2 is 2.08 bits per heavy atom. The summed E-state index contributed by atoms with van der Waals surface area (Å²) < 4.78 is 39.0. The highest BCUT2D eigenvalue weighted by molar-refractivity contribution is 9.10. The number of anilines is 1. The number of hydrogen-bond acceptors (Lipinski definition) is 5. The third kappa shape index (κ3) is 4.41. The van der Waals surface area contributed by atoms with Gasteiger partial charge in [0.2, 0.25) is 5.95 Å². The highest BCUT2D eigenvalue weighted by Gasteiger charge is 2.33. The van der Waals surface area contributed by atoms with Crippen molar-refractivity contribution in [3.63, 3.8) is 0 Å². The van der Waals surface area contributed by atoms with Crippen LogP contribution in [0.25, 0.3) is 0 Å². The van der Waals surface area contributed by atoms with Crippen molar-refractivity contribution in [1.29, 1.82) is 0 Å². The summed E-state index contributed by atoms with van der Waals surface area (Å²) in [6, 6.07) is 4.76. The van der Waals surface area contributed by atoms with E-state index in [2.05, 4.69) is 41.1 Å². The van der Waals surface area contributed by atoms with Gasteiger partial charge in [-0.1, -0.05) is 0 Å². The van der Waals surface area contributed by atoms with Crippen LogP contribution in [0, 0.1) is 0 Å². The molecule has 24 heavy (non-hydrogen) atoms. The molecular weight excluding hydrogens is 387 g/mol. The predicted molar refractivity (Wildman–Crippen MR) is 86.3 cm³/mol. The first-order valence-electron chi connectivity index (χ1n) is 7.40. The van der Waals surface area contributed by atoms with Crippen LogP contribution in [0.4, 0.5) is 19.1 Å². The highest BCUT2D eigenvalue weighted by Crippen LogP contribution is 2.27. The minimum absolute atomic E-state index is 0.0124. The van der Waals surface area contributed by atoms with E-state index < -0.39 is 11.9 Å². The normalized spacial score (nSPS) is 18.8. The maximum absolute atomic E-state index is 12.7. The van der Waals surface area contributed by atoms with Crippen molar-refractivity contribution in [3.05, 3.63) is 46.5 Å². The van der Waals surface area contributed by atoms with E-state index in [0.29, 0.717) is 13.1 Å². The molecular formula is C15H15BrF3N5. The van der Waals surface area contributed by atoms with Crippen molar-refractivity contribution in [2.75, 3.05) is 18.4 Å². The lowest BCUT2D eigenvalue weighted by molar-refractivity contribution is -0.141. The topological polar surface area (TPSA) is 53.9 Å². The van der Waals surface area contributed by atoms with Gasteiger partial charge in [0.15, 0.2) is 0 Å². The molecule has 3 rings (SSSR count). The number of hydrogen-bond donors (Lipinski definition) is 1. The summed E-state index contributed by atoms with van der Waals surface area (Å²) in [6.07, 6.45) is -0.779. The standard InChI is InChI=1S/C15H15BrF3N5/c16-10-1-2-11(21-7-10)8-24-6-4-12(9-24)22-14-20-5-3-13(23-14)15(17,18)19/h1-3,5,7,12H,4,6,8-9H2,(H,20,22,23). The summed E-state index contributed by atoms with van der Waals surface area (Å²) in [6.45, 7) is 2.25. The van der Waals surface area contributed by atoms with Crippen molar-refractivity contribution in [2.24, 2.45) is 0 Å². The number of rotatable bonds is 4. The van der Waals surface area contributed by atoms with Gasteiger partial charge in [-0.15, -0.1) is 0 Å². The third-order valence-corrected chi connectivity index (χ3v) is 4.19. The zero-order chi connectivity index (χ0) is 17.2. The van der Waals surface area contributed by atoms with Crippen molar-refractivity contribution in [1.82, 2.24) is 19.9 Å². The smallest absolute Gasteiger partial charge is 0.350 e. The molecule has 0 aromatic carbocycles. The van der Waals surface area contributed by atoms with Crippen LogP contribution in [0.15, 0.2) is 35.1 Å². The van der Waals surface area contributed by atoms with Gasteiger partial charge < -0.3 is 5.32 Å². The van der Waals surface area contributed by atoms with Gasteiger partial charge in [0.25, 0.3) is 0 Å². The van der Waals surface area contributed by atoms with Crippen molar-refractivity contribution in [2.45, 2.75) is 25.2 Å². The first-order chi connectivity index (χ1) is 11.4. The molecule has 5 nitrogen and oxygen atoms in total. The van der Waals surface area contributed by atoms with E-state index in [1.165, 1.54) is 0 Å². The summed E-state index contributed by atoms with van der Waals surface area (Å²) in [5.74, 6) is 0.0124. The lowest BCUT2D eigenvalue weighted by atomic mass is 10.3. The number of pyridine rings is 1. The van der Waals surface area contributed by atoms with Crippen LogP contribution >= 0.6 is 15.9 Å². The second kappa shape index (κ2) is 7.02. The molecule has 1 N–H and O–H groups in total. The van der Waals surface area contributed by atoms with Gasteiger partial charge in [-0.05, 0) is 40.5 Å². The molecule has 0 amide bonds. The lowest BCUT2D eigenvalue weighted by Gasteiger charge is -2.16. The Morgan fingerprint density at radius 1 is 1.25 bits per heavy atom. The zero-order valence-corrected chi connectivity index (χ0v) is 14.2. The molecule has 9 heteroatoms. The Labute approximate surface area is 145 Å². The summed E-state index contributed by atoms with van der Waals surface area (Å²) in [7, 11) is 0. The summed E-state index contributed by atoms with van der Waals surface area (Å²) in [5, 5.41) is 2.99. The van der Waals surface area contributed by atoms with Crippen molar-refractivity contribution in [3.8, 4) is 0 Å². The fourth-order valence-electron chi connectivity index (χ4n) is 2.59. The summed E-state index contributed by atoms with van der Waals surface area (Å²) >= 11 is 3.34. The minimum atomic E-state index is -4.46. The Morgan fingerprint density at radius 3 is 2.79 bits per heavy atom. The second-order valence-corrected chi connectivity index (χ2v) is 6.51. The molecule has 0 aliphatic carbocycles. The van der Waals surface area contributed by atoms with Gasteiger partial charge in [0.1, 0.15) is 5.69 Å². The fraction of sp³-hybridized carbons (Fsp3) is 0.400. The van der Waals surface area contributed by atoms with E-state index in [1.54, 1.807) is 6.20 Å². The zero-order valence-electron chi connectivity index (χ0n) is 12.6. The molecule has 2 aromatic rings. The lowest BCUT2D eigenvalue weighted by Crippen LogP contribution is -2.27. The summed E-state index contributed by atoms with van der Waals surface area (Å²) in [4.78, 5) is 13.9. The molecule has 1 aliphatic rings. The van der Waals surface area contributed by atoms with Gasteiger partial charge in [0.05, 0.1) is 5.69 Å². The molecule has 0 spiro atoms. The third-order valence-electron chi connectivity index (χ3n) is 3.73. The SMILES string of the molecule is FC(F)(F)c1ccnc(NC2CCN(Cc3ccc(Br)cn3)C2)n1. The van der Waals surface area contributed by atoms with Crippen LogP contribution in [0.2, 0.25) is 0 Å². The average Bonchev–Trinajstić information content (AvgIpc) is 2.96. The van der Waals surface area contributed by atoms with E-state index in [9.17, 15) is 13.2 Å². The molecule has 3 heterocycles. The molecule has 1 saturated heterocycles. The number of aromatic nitrogens is 3. The Kier molecular flexibility index (Phi) is 5.00. The van der Waals surface area contributed by atoms with Crippen LogP contribution in [0.1, 0.15) is 17.8 Å². The van der Waals surface area contributed by atoms with Crippen molar-refractivity contribution < 1.29 is 13.2 Å². The highest BCUT2D eigenvalue weighted by atomic mass is 79.9. The number of nitrogens with zero attached hydrogens (tertiary/aromatic N) is 4. The van der Waals surface area contributed by atoms with E-state index in [0.717, 1.165) is 35.4 Å². The molecule has 1 atom stereocenters. The van der Waals surface area contributed by atoms with Crippen LogP contribution in [0.3, 0.4) is 0 Å². The molecule has 1 fully saturated rings. The molecule has 128 valence electrons. The molecule has 1 unspecified atom stereocenters. The van der Waals surface area contributed by atoms with E-state index in [1.807, 2.05) is 12.1 Å². The Bertz CT molecular complexity index is 692. The van der Waals surface area contributed by atoms with Crippen LogP contribution in [0.5, 0.6) is 0 Å². The number of likely N-dealkylation sites (tertiary alicyclic amines) is 1. The summed E-state index contributed by atoms with van der Waals surface area (Å²) in [5.41, 5.74) is 0.0167. The molecule has 2 aromatic heterocycles. The average molecular weight is 402 g/mol. The maximum Gasteiger partial charge on any atom is 0.433 e. The Hall–Kier alpha value is -1.74. The van der Waals surface area contributed by atoms with Crippen LogP contribution in [-0.2, 0) is 12.7 Å². The minimum Gasteiger partial charge on any atom is -0.350 e. The quantitative estimate of drug-likeness (QED) is 0.851. The van der Waals surface area contributed by atoms with E-state index >= 15 is 0 Å². The first kappa shape index (κ1) is 17.1. The molecule has 0 radical (unpaired) electrons. The van der Waals surface area contributed by atoms with Crippen LogP contribution in [-0.4, -0.2) is 39.0 Å². The van der Waals surface area contributed by atoms with Gasteiger partial charge in [0, 0.05) is 42.5 Å². The van der Waals surface area contributed by atoms with E-state index in [-0.39, 0.29) is 12.0 Å². The monoisotopic (exact) mass is 401 g/mol. The molecule has 0 bridgehead atoms. The van der Waals surface area contributed by atoms with Crippen LogP contribution < -0.4 is 5.32 Å². The molecule has 1 aliphatic heterocycles. The number of nitrogens with one attached hydrogen (secondary N) is 1.